The Balaban J connectivity index is 1.96. The van der Waals surface area contributed by atoms with Crippen molar-refractivity contribution in [3.05, 3.63) is 64.2 Å². The quantitative estimate of drug-likeness (QED) is 0.355. The first-order valence-electron chi connectivity index (χ1n) is 7.62. The van der Waals surface area contributed by atoms with Gasteiger partial charge in [0.25, 0.3) is 5.69 Å². The zero-order valence-corrected chi connectivity index (χ0v) is 13.8. The number of hydrazone groups is 1. The van der Waals surface area contributed by atoms with E-state index < -0.39 is 16.7 Å². The number of carbonyl (C=O) groups is 2. The number of rotatable bonds is 6. The van der Waals surface area contributed by atoms with Crippen LogP contribution >= 0.6 is 0 Å². The average molecular weight is 356 g/mol. The molecule has 9 nitrogen and oxygen atoms in total. The Morgan fingerprint density at radius 2 is 1.96 bits per heavy atom. The Hall–Kier alpha value is -3.75. The average Bonchev–Trinajstić information content (AvgIpc) is 2.63. The number of nitro benzene ring substituents is 1. The zero-order valence-electron chi connectivity index (χ0n) is 13.8. The fourth-order valence-corrected chi connectivity index (χ4v) is 1.97. The molecule has 2 amide bonds. The lowest BCUT2D eigenvalue weighted by atomic mass is 10.2. The van der Waals surface area contributed by atoms with Crippen molar-refractivity contribution in [3.63, 3.8) is 0 Å². The van der Waals surface area contributed by atoms with E-state index in [2.05, 4.69) is 15.8 Å². The van der Waals surface area contributed by atoms with Crippen molar-refractivity contribution in [1.29, 1.82) is 0 Å². The minimum Gasteiger partial charge on any atom is -0.492 e. The molecule has 0 aliphatic heterocycles. The van der Waals surface area contributed by atoms with E-state index in [0.29, 0.717) is 23.6 Å². The van der Waals surface area contributed by atoms with Crippen LogP contribution in [0.5, 0.6) is 5.75 Å². The van der Waals surface area contributed by atoms with E-state index in [1.807, 2.05) is 0 Å². The van der Waals surface area contributed by atoms with Gasteiger partial charge in [-0.25, -0.2) is 5.43 Å². The number of nitro groups is 1. The normalized spacial score (nSPS) is 10.3. The molecule has 0 saturated carbocycles. The highest BCUT2D eigenvalue weighted by Crippen LogP contribution is 2.23. The molecule has 0 aromatic heterocycles. The predicted octanol–water partition coefficient (Wildman–Crippen LogP) is 2.08. The van der Waals surface area contributed by atoms with Crippen LogP contribution in [0.2, 0.25) is 0 Å². The summed E-state index contributed by atoms with van der Waals surface area (Å²) in [7, 11) is 0. The number of amides is 2. The number of carbonyl (C=O) groups excluding carboxylic acids is 2. The van der Waals surface area contributed by atoms with Crippen molar-refractivity contribution in [1.82, 2.24) is 5.43 Å². The number of anilines is 1. The highest BCUT2D eigenvalue weighted by molar-refractivity contribution is 6.39. The van der Waals surface area contributed by atoms with E-state index in [9.17, 15) is 19.7 Å². The number of hydrogen-bond donors (Lipinski definition) is 2. The van der Waals surface area contributed by atoms with Gasteiger partial charge in [0.2, 0.25) is 0 Å². The maximum atomic E-state index is 11.9. The highest BCUT2D eigenvalue weighted by atomic mass is 16.6. The van der Waals surface area contributed by atoms with E-state index in [4.69, 9.17) is 4.74 Å². The molecule has 9 heteroatoms. The van der Waals surface area contributed by atoms with Crippen molar-refractivity contribution < 1.29 is 19.2 Å². The summed E-state index contributed by atoms with van der Waals surface area (Å²) in [6.45, 7) is 2.21. The molecule has 26 heavy (non-hydrogen) atoms. The second kappa shape index (κ2) is 8.92. The SMILES string of the molecule is CCOc1ccccc1NC(=O)C(=O)N/N=C/c1cccc([N+](=O)[O-])c1. The molecule has 0 aliphatic carbocycles. The van der Waals surface area contributed by atoms with Crippen LogP contribution in [-0.2, 0) is 9.59 Å². The van der Waals surface area contributed by atoms with Crippen LogP contribution < -0.4 is 15.5 Å². The molecule has 0 bridgehead atoms. The van der Waals surface area contributed by atoms with Gasteiger partial charge in [-0.2, -0.15) is 5.10 Å². The van der Waals surface area contributed by atoms with E-state index in [-0.39, 0.29) is 5.69 Å². The Labute approximate surface area is 148 Å². The third-order valence-electron chi connectivity index (χ3n) is 3.10. The van der Waals surface area contributed by atoms with Crippen LogP contribution in [0.4, 0.5) is 11.4 Å². The summed E-state index contributed by atoms with van der Waals surface area (Å²) in [4.78, 5) is 33.9. The molecule has 2 aromatic carbocycles. The molecule has 0 radical (unpaired) electrons. The lowest BCUT2D eigenvalue weighted by Gasteiger charge is -2.10. The third kappa shape index (κ3) is 5.13. The highest BCUT2D eigenvalue weighted by Gasteiger charge is 2.15. The number of para-hydroxylation sites is 2. The van der Waals surface area contributed by atoms with E-state index in [1.54, 1.807) is 37.3 Å². The lowest BCUT2D eigenvalue weighted by Crippen LogP contribution is -2.32. The number of benzene rings is 2. The molecule has 0 spiro atoms. The fourth-order valence-electron chi connectivity index (χ4n) is 1.97. The molecule has 0 aliphatic rings. The molecule has 0 atom stereocenters. The molecule has 0 unspecified atom stereocenters. The van der Waals surface area contributed by atoms with E-state index in [0.717, 1.165) is 0 Å². The van der Waals surface area contributed by atoms with Crippen LogP contribution in [-0.4, -0.2) is 29.6 Å². The first kappa shape index (κ1) is 18.6. The number of non-ortho nitro benzene ring substituents is 1. The standard InChI is InChI=1S/C17H16N4O5/c1-2-26-15-9-4-3-8-14(15)19-16(22)17(23)20-18-11-12-6-5-7-13(10-12)21(24)25/h3-11H,2H2,1H3,(H,19,22)(H,20,23)/b18-11+. The van der Waals surface area contributed by atoms with Gasteiger partial charge in [0, 0.05) is 17.7 Å². The summed E-state index contributed by atoms with van der Waals surface area (Å²) in [5.41, 5.74) is 2.72. The Bertz CT molecular complexity index is 851. The maximum Gasteiger partial charge on any atom is 0.329 e. The molecule has 0 fully saturated rings. The molecule has 0 saturated heterocycles. The topological polar surface area (TPSA) is 123 Å². The van der Waals surface area contributed by atoms with Crippen molar-refractivity contribution in [3.8, 4) is 5.75 Å². The molecule has 134 valence electrons. The second-order valence-corrected chi connectivity index (χ2v) is 4.93. The first-order chi connectivity index (χ1) is 12.5. The van der Waals surface area contributed by atoms with E-state index >= 15 is 0 Å². The van der Waals surface area contributed by atoms with Crippen LogP contribution in [0.1, 0.15) is 12.5 Å². The Morgan fingerprint density at radius 1 is 1.19 bits per heavy atom. The minimum atomic E-state index is -0.988. The molecular formula is C17H16N4O5. The van der Waals surface area contributed by atoms with Crippen LogP contribution in [0.15, 0.2) is 53.6 Å². The Morgan fingerprint density at radius 3 is 2.69 bits per heavy atom. The number of nitrogens with one attached hydrogen (secondary N) is 2. The maximum absolute atomic E-state index is 11.9. The van der Waals surface area contributed by atoms with Crippen LogP contribution in [0.25, 0.3) is 0 Å². The molecule has 2 rings (SSSR count). The fraction of sp³-hybridized carbons (Fsp3) is 0.118. The van der Waals surface area contributed by atoms with Gasteiger partial charge < -0.3 is 10.1 Å². The summed E-state index contributed by atoms with van der Waals surface area (Å²) in [5, 5.41) is 16.8. The summed E-state index contributed by atoms with van der Waals surface area (Å²) in [6.07, 6.45) is 1.20. The van der Waals surface area contributed by atoms with Gasteiger partial charge in [-0.1, -0.05) is 24.3 Å². The summed E-state index contributed by atoms with van der Waals surface area (Å²) < 4.78 is 5.36. The van der Waals surface area contributed by atoms with Gasteiger partial charge in [0.1, 0.15) is 5.75 Å². The second-order valence-electron chi connectivity index (χ2n) is 4.93. The molecule has 2 aromatic rings. The number of nitrogens with zero attached hydrogens (tertiary/aromatic N) is 2. The van der Waals surface area contributed by atoms with Crippen molar-refractivity contribution in [2.75, 3.05) is 11.9 Å². The van der Waals surface area contributed by atoms with Crippen molar-refractivity contribution in [2.24, 2.45) is 5.10 Å². The Kier molecular flexibility index (Phi) is 6.38. The first-order valence-corrected chi connectivity index (χ1v) is 7.62. The van der Waals surface area contributed by atoms with Crippen LogP contribution in [0.3, 0.4) is 0 Å². The largest absolute Gasteiger partial charge is 0.492 e. The van der Waals surface area contributed by atoms with Crippen LogP contribution in [0, 0.1) is 10.1 Å². The number of ether oxygens (including phenoxy) is 1. The molecular weight excluding hydrogens is 340 g/mol. The van der Waals surface area contributed by atoms with Crippen molar-refractivity contribution in [2.45, 2.75) is 6.92 Å². The van der Waals surface area contributed by atoms with Gasteiger partial charge in [0.05, 0.1) is 23.4 Å². The van der Waals surface area contributed by atoms with Gasteiger partial charge in [-0.05, 0) is 19.1 Å². The molecule has 2 N–H and O–H groups in total. The van der Waals surface area contributed by atoms with Gasteiger partial charge in [0.15, 0.2) is 0 Å². The summed E-state index contributed by atoms with van der Waals surface area (Å²) >= 11 is 0. The molecule has 0 heterocycles. The van der Waals surface area contributed by atoms with Crippen molar-refractivity contribution >= 4 is 29.4 Å². The predicted molar refractivity (Wildman–Crippen MR) is 95.1 cm³/mol. The minimum absolute atomic E-state index is 0.106. The van der Waals surface area contributed by atoms with Gasteiger partial charge in [-0.15, -0.1) is 0 Å². The summed E-state index contributed by atoms with van der Waals surface area (Å²) in [5.74, 6) is -1.47. The van der Waals surface area contributed by atoms with Gasteiger partial charge >= 0.3 is 11.8 Å². The monoisotopic (exact) mass is 356 g/mol. The van der Waals surface area contributed by atoms with Gasteiger partial charge in [-0.3, -0.25) is 19.7 Å². The number of hydrogen-bond acceptors (Lipinski definition) is 6. The van der Waals surface area contributed by atoms with E-state index in [1.165, 1.54) is 24.4 Å². The summed E-state index contributed by atoms with van der Waals surface area (Å²) in [6, 6.07) is 12.4. The smallest absolute Gasteiger partial charge is 0.329 e. The zero-order chi connectivity index (χ0) is 18.9. The third-order valence-corrected chi connectivity index (χ3v) is 3.10. The lowest BCUT2D eigenvalue weighted by molar-refractivity contribution is -0.384.